The van der Waals surface area contributed by atoms with Gasteiger partial charge in [0.05, 0.1) is 11.0 Å². The summed E-state index contributed by atoms with van der Waals surface area (Å²) in [4.78, 5) is 0. The van der Waals surface area contributed by atoms with Crippen molar-refractivity contribution in [3.05, 3.63) is 0 Å². The van der Waals surface area contributed by atoms with Gasteiger partial charge < -0.3 is 5.73 Å². The fraction of sp³-hybridized carbons (Fsp3) is 1.00. The number of hydrogen-bond acceptors (Lipinski definition) is 2. The Morgan fingerprint density at radius 1 is 1.64 bits per heavy atom. The van der Waals surface area contributed by atoms with Gasteiger partial charge in [0.2, 0.25) is 0 Å². The molecule has 3 unspecified atom stereocenters. The molecule has 0 saturated heterocycles. The van der Waals surface area contributed by atoms with Crippen LogP contribution in [0.1, 0.15) is 19.3 Å². The van der Waals surface area contributed by atoms with Gasteiger partial charge in [-0.15, -0.1) is 0 Å². The minimum absolute atomic E-state index is 0.394. The van der Waals surface area contributed by atoms with Crippen molar-refractivity contribution >= 4 is 11.0 Å². The first-order valence-electron chi connectivity index (χ1n) is 4.03. The molecule has 1 rings (SSSR count). The smallest absolute Gasteiger partial charge is 0.0886 e. The summed E-state index contributed by atoms with van der Waals surface area (Å²) in [5.74, 6) is 0.541. The molecule has 1 saturated carbocycles. The van der Waals surface area contributed by atoms with Crippen LogP contribution in [0.15, 0.2) is 0 Å². The summed E-state index contributed by atoms with van der Waals surface area (Å²) in [7, 11) is -0.883. The van der Waals surface area contributed by atoms with Gasteiger partial charge in [0.15, 0.2) is 0 Å². The predicted octanol–water partition coefficient (Wildman–Crippen LogP) is -0.00310. The van der Waals surface area contributed by atoms with Crippen LogP contribution >= 0.6 is 0 Å². The predicted molar refractivity (Wildman–Crippen MR) is 47.4 cm³/mol. The zero-order chi connectivity index (χ0) is 8.27. The van der Waals surface area contributed by atoms with Crippen molar-refractivity contribution in [3.63, 3.8) is 0 Å². The molecule has 0 amide bonds. The first-order valence-corrected chi connectivity index (χ1v) is 5.59. The minimum atomic E-state index is -0.883. The molecule has 11 heavy (non-hydrogen) atoms. The maximum atomic E-state index is 10.8. The number of nitrogens with two attached hydrogens (primary N) is 1. The van der Waals surface area contributed by atoms with E-state index in [9.17, 15) is 4.21 Å². The van der Waals surface area contributed by atoms with E-state index in [-0.39, 0.29) is 0 Å². The Balaban J connectivity index is 2.37. The molecule has 0 bridgehead atoms. The molecular formula is C7H16N2OS. The maximum absolute atomic E-state index is 10.8. The SMILES string of the molecule is CS(=O)NC1CCCC1CN. The number of nitrogens with one attached hydrogen (secondary N) is 1. The van der Waals surface area contributed by atoms with Gasteiger partial charge in [0.25, 0.3) is 0 Å². The standard InChI is InChI=1S/C7H16N2OS/c1-11(10)9-7-4-2-3-6(7)5-8/h6-7,9H,2-5,8H2,1H3. The van der Waals surface area contributed by atoms with Crippen molar-refractivity contribution in [1.29, 1.82) is 0 Å². The lowest BCUT2D eigenvalue weighted by Gasteiger charge is -2.17. The van der Waals surface area contributed by atoms with Crippen LogP contribution in [-0.2, 0) is 11.0 Å². The van der Waals surface area contributed by atoms with Gasteiger partial charge in [-0.1, -0.05) is 6.42 Å². The molecule has 0 aromatic carbocycles. The van der Waals surface area contributed by atoms with E-state index in [0.29, 0.717) is 12.0 Å². The van der Waals surface area contributed by atoms with Crippen LogP contribution in [0.2, 0.25) is 0 Å². The summed E-state index contributed by atoms with van der Waals surface area (Å²) in [6.45, 7) is 0.717. The summed E-state index contributed by atoms with van der Waals surface area (Å²) in [5.41, 5.74) is 5.56. The molecule has 4 heteroatoms. The lowest BCUT2D eigenvalue weighted by atomic mass is 10.1. The lowest BCUT2D eigenvalue weighted by molar-refractivity contribution is 0.465. The minimum Gasteiger partial charge on any atom is -0.330 e. The Kier molecular flexibility index (Phi) is 3.48. The second-order valence-corrected chi connectivity index (χ2v) is 4.25. The van der Waals surface area contributed by atoms with Crippen LogP contribution in [0.5, 0.6) is 0 Å². The fourth-order valence-corrected chi connectivity index (χ4v) is 2.42. The molecule has 0 aromatic heterocycles. The Morgan fingerprint density at radius 3 is 2.91 bits per heavy atom. The third-order valence-corrected chi connectivity index (χ3v) is 2.91. The van der Waals surface area contributed by atoms with Crippen molar-refractivity contribution in [3.8, 4) is 0 Å². The molecule has 0 heterocycles. The van der Waals surface area contributed by atoms with E-state index in [1.807, 2.05) is 0 Å². The van der Waals surface area contributed by atoms with E-state index in [2.05, 4.69) is 4.72 Å². The topological polar surface area (TPSA) is 55.1 Å². The third-order valence-electron chi connectivity index (χ3n) is 2.28. The molecule has 0 aromatic rings. The van der Waals surface area contributed by atoms with Crippen molar-refractivity contribution in [2.24, 2.45) is 11.7 Å². The maximum Gasteiger partial charge on any atom is 0.0886 e. The summed E-state index contributed by atoms with van der Waals surface area (Å²) >= 11 is 0. The van der Waals surface area contributed by atoms with Gasteiger partial charge in [-0.2, -0.15) is 0 Å². The number of rotatable bonds is 3. The van der Waals surface area contributed by atoms with Gasteiger partial charge in [-0.25, -0.2) is 8.93 Å². The van der Waals surface area contributed by atoms with Gasteiger partial charge >= 0.3 is 0 Å². The Morgan fingerprint density at radius 2 is 2.36 bits per heavy atom. The highest BCUT2D eigenvalue weighted by molar-refractivity contribution is 7.82. The zero-order valence-corrected chi connectivity index (χ0v) is 7.69. The van der Waals surface area contributed by atoms with Crippen LogP contribution in [0, 0.1) is 5.92 Å². The Hall–Kier alpha value is 0.0700. The van der Waals surface area contributed by atoms with Crippen LogP contribution in [0.4, 0.5) is 0 Å². The Bertz CT molecular complexity index is 151. The zero-order valence-electron chi connectivity index (χ0n) is 6.88. The summed E-state index contributed by atoms with van der Waals surface area (Å²) < 4.78 is 13.9. The fourth-order valence-electron chi connectivity index (χ4n) is 1.69. The van der Waals surface area contributed by atoms with Crippen molar-refractivity contribution < 1.29 is 4.21 Å². The first kappa shape index (κ1) is 9.16. The molecule has 1 fully saturated rings. The summed E-state index contributed by atoms with van der Waals surface area (Å²) in [6, 6.07) is 0.394. The average molecular weight is 176 g/mol. The highest BCUT2D eigenvalue weighted by Gasteiger charge is 2.26. The summed E-state index contributed by atoms with van der Waals surface area (Å²) in [6.07, 6.45) is 5.20. The van der Waals surface area contributed by atoms with E-state index in [0.717, 1.165) is 13.0 Å². The molecule has 0 radical (unpaired) electrons. The van der Waals surface area contributed by atoms with Crippen molar-refractivity contribution in [2.75, 3.05) is 12.8 Å². The van der Waals surface area contributed by atoms with Gasteiger partial charge in [0.1, 0.15) is 0 Å². The molecule has 3 nitrogen and oxygen atoms in total. The van der Waals surface area contributed by atoms with Crippen LogP contribution < -0.4 is 10.5 Å². The second kappa shape index (κ2) is 4.18. The molecule has 1 aliphatic rings. The largest absolute Gasteiger partial charge is 0.330 e. The van der Waals surface area contributed by atoms with Crippen molar-refractivity contribution in [1.82, 2.24) is 4.72 Å². The van der Waals surface area contributed by atoms with E-state index in [1.165, 1.54) is 12.8 Å². The quantitative estimate of drug-likeness (QED) is 0.636. The van der Waals surface area contributed by atoms with E-state index < -0.39 is 11.0 Å². The van der Waals surface area contributed by atoms with Gasteiger partial charge in [-0.3, -0.25) is 0 Å². The first-order chi connectivity index (χ1) is 5.24. The number of hydrogen-bond donors (Lipinski definition) is 2. The van der Waals surface area contributed by atoms with E-state index >= 15 is 0 Å². The highest BCUT2D eigenvalue weighted by atomic mass is 32.2. The van der Waals surface area contributed by atoms with Crippen LogP contribution in [0.3, 0.4) is 0 Å². The van der Waals surface area contributed by atoms with Gasteiger partial charge in [-0.05, 0) is 25.3 Å². The molecule has 0 spiro atoms. The molecule has 1 aliphatic carbocycles. The molecule has 3 N–H and O–H groups in total. The lowest BCUT2D eigenvalue weighted by Crippen LogP contribution is -2.36. The Labute approximate surface area is 70.3 Å². The van der Waals surface area contributed by atoms with Crippen molar-refractivity contribution in [2.45, 2.75) is 25.3 Å². The van der Waals surface area contributed by atoms with Crippen LogP contribution in [-0.4, -0.2) is 23.1 Å². The second-order valence-electron chi connectivity index (χ2n) is 3.11. The van der Waals surface area contributed by atoms with Crippen LogP contribution in [0.25, 0.3) is 0 Å². The average Bonchev–Trinajstić information content (AvgIpc) is 2.34. The van der Waals surface area contributed by atoms with Gasteiger partial charge in [0, 0.05) is 12.3 Å². The normalized spacial score (nSPS) is 34.0. The molecule has 66 valence electrons. The third kappa shape index (κ3) is 2.54. The van der Waals surface area contributed by atoms with E-state index in [1.54, 1.807) is 6.26 Å². The molecule has 3 atom stereocenters. The molecular weight excluding hydrogens is 160 g/mol. The monoisotopic (exact) mass is 176 g/mol. The molecule has 0 aliphatic heterocycles. The summed E-state index contributed by atoms with van der Waals surface area (Å²) in [5, 5.41) is 0. The van der Waals surface area contributed by atoms with E-state index in [4.69, 9.17) is 5.73 Å². The highest BCUT2D eigenvalue weighted by Crippen LogP contribution is 2.24.